The molecule has 0 unspecified atom stereocenters. The van der Waals surface area contributed by atoms with Crippen molar-refractivity contribution in [2.24, 2.45) is 0 Å². The van der Waals surface area contributed by atoms with E-state index in [-0.39, 0.29) is 17.3 Å². The van der Waals surface area contributed by atoms with Gasteiger partial charge in [0, 0.05) is 55.8 Å². The molecule has 0 radical (unpaired) electrons. The normalized spacial score (nSPS) is 14.7. The number of benzene rings is 2. The third-order valence-electron chi connectivity index (χ3n) is 7.38. The van der Waals surface area contributed by atoms with E-state index in [4.69, 9.17) is 9.84 Å². The molecule has 2 amide bonds. The van der Waals surface area contributed by atoms with Crippen LogP contribution in [-0.2, 0) is 13.0 Å². The number of urea groups is 1. The molecule has 10 nitrogen and oxygen atoms in total. The van der Waals surface area contributed by atoms with Crippen LogP contribution in [0.15, 0.2) is 60.8 Å². The van der Waals surface area contributed by atoms with Gasteiger partial charge in [0.25, 0.3) is 0 Å². The molecule has 0 spiro atoms. The number of amides is 2. The van der Waals surface area contributed by atoms with Crippen molar-refractivity contribution >= 4 is 23.4 Å². The molecule has 1 saturated heterocycles. The summed E-state index contributed by atoms with van der Waals surface area (Å²) in [6.07, 6.45) is -2.69. The first-order valence-electron chi connectivity index (χ1n) is 13.5. The van der Waals surface area contributed by atoms with Crippen LogP contribution < -0.4 is 19.3 Å². The Morgan fingerprint density at radius 3 is 2.51 bits per heavy atom. The number of aryl methyl sites for hydroxylation is 1. The molecule has 2 aromatic heterocycles. The molecule has 2 aliphatic heterocycles. The highest BCUT2D eigenvalue weighted by atomic mass is 19.4. The maximum atomic E-state index is 13.2. The van der Waals surface area contributed by atoms with Gasteiger partial charge in [-0.2, -0.15) is 5.26 Å². The molecule has 4 aromatic rings. The second-order valence-corrected chi connectivity index (χ2v) is 10.2. The highest BCUT2D eigenvalue weighted by Crippen LogP contribution is 2.42. The maximum absolute atomic E-state index is 13.2. The van der Waals surface area contributed by atoms with Crippen LogP contribution in [-0.4, -0.2) is 58.8 Å². The minimum atomic E-state index is -4.93. The average Bonchev–Trinajstić information content (AvgIpc) is 3.71. The molecule has 2 aromatic carbocycles. The summed E-state index contributed by atoms with van der Waals surface area (Å²) >= 11 is 0. The molecule has 6 rings (SSSR count). The number of hydrogen-bond donors (Lipinski definition) is 0. The van der Waals surface area contributed by atoms with Crippen molar-refractivity contribution in [3.05, 3.63) is 83.2 Å². The second-order valence-electron chi connectivity index (χ2n) is 10.2. The van der Waals surface area contributed by atoms with Crippen molar-refractivity contribution in [3.63, 3.8) is 0 Å². The van der Waals surface area contributed by atoms with Gasteiger partial charge in [-0.25, -0.2) is 14.5 Å². The molecule has 0 atom stereocenters. The first kappa shape index (κ1) is 27.9. The number of carbonyl (C=O) groups is 1. The molecule has 13 heteroatoms. The van der Waals surface area contributed by atoms with Crippen molar-refractivity contribution in [3.8, 4) is 23.3 Å². The number of nitriles is 1. The predicted molar refractivity (Wildman–Crippen MR) is 151 cm³/mol. The lowest BCUT2D eigenvalue weighted by Gasteiger charge is -2.23. The number of ether oxygens (including phenoxy) is 2. The summed E-state index contributed by atoms with van der Waals surface area (Å²) in [4.78, 5) is 22.9. The highest BCUT2D eigenvalue weighted by Gasteiger charge is 2.35. The van der Waals surface area contributed by atoms with E-state index < -0.39 is 12.1 Å². The fourth-order valence-electron chi connectivity index (χ4n) is 5.40. The molecule has 0 saturated carbocycles. The molecule has 4 heterocycles. The first-order chi connectivity index (χ1) is 20.6. The van der Waals surface area contributed by atoms with Gasteiger partial charge in [-0.1, -0.05) is 12.1 Å². The van der Waals surface area contributed by atoms with Crippen LogP contribution in [0.3, 0.4) is 0 Å². The predicted octanol–water partition coefficient (Wildman–Crippen LogP) is 5.49. The van der Waals surface area contributed by atoms with Crippen LogP contribution in [0.2, 0.25) is 0 Å². The Morgan fingerprint density at radius 2 is 1.79 bits per heavy atom. The van der Waals surface area contributed by atoms with Crippen LogP contribution in [0.5, 0.6) is 11.5 Å². The monoisotopic (exact) mass is 589 g/mol. The summed E-state index contributed by atoms with van der Waals surface area (Å²) in [5.74, 6) is 1.24. The maximum Gasteiger partial charge on any atom is 0.573 e. The zero-order valence-electron chi connectivity index (χ0n) is 23.3. The molecule has 0 aliphatic carbocycles. The number of anilines is 3. The molecular weight excluding hydrogens is 563 g/mol. The van der Waals surface area contributed by atoms with Crippen LogP contribution in [0.1, 0.15) is 22.4 Å². The highest BCUT2D eigenvalue weighted by molar-refractivity contribution is 5.93. The zero-order chi connectivity index (χ0) is 30.3. The smallest absolute Gasteiger partial charge is 0.497 e. The van der Waals surface area contributed by atoms with Crippen molar-refractivity contribution in [2.45, 2.75) is 26.3 Å². The van der Waals surface area contributed by atoms with E-state index in [2.05, 4.69) is 9.72 Å². The molecule has 2 aliphatic rings. The number of alkyl halides is 3. The van der Waals surface area contributed by atoms with Gasteiger partial charge in [-0.05, 0) is 49.2 Å². The third-order valence-corrected chi connectivity index (χ3v) is 7.38. The summed E-state index contributed by atoms with van der Waals surface area (Å²) in [5, 5.41) is 13.9. The summed E-state index contributed by atoms with van der Waals surface area (Å²) in [7, 11) is 1.60. The first-order valence-corrected chi connectivity index (χ1v) is 13.5. The van der Waals surface area contributed by atoms with E-state index >= 15 is 0 Å². The van der Waals surface area contributed by atoms with E-state index in [0.717, 1.165) is 22.9 Å². The van der Waals surface area contributed by atoms with E-state index in [1.165, 1.54) is 12.1 Å². The molecule has 0 N–H and O–H groups in total. The summed E-state index contributed by atoms with van der Waals surface area (Å²) in [6.45, 7) is 3.62. The van der Waals surface area contributed by atoms with Gasteiger partial charge in [0.2, 0.25) is 0 Å². The van der Waals surface area contributed by atoms with Gasteiger partial charge >= 0.3 is 12.4 Å². The Balaban J connectivity index is 1.26. The third kappa shape index (κ3) is 5.51. The number of pyridine rings is 1. The minimum absolute atomic E-state index is 0.0448. The Kier molecular flexibility index (Phi) is 7.05. The van der Waals surface area contributed by atoms with Crippen molar-refractivity contribution < 1.29 is 27.4 Å². The number of carbonyl (C=O) groups excluding carboxylic acids is 1. The Hall–Kier alpha value is -5.25. The lowest BCUT2D eigenvalue weighted by molar-refractivity contribution is -0.274. The van der Waals surface area contributed by atoms with Gasteiger partial charge in [-0.15, -0.1) is 18.3 Å². The Bertz CT molecular complexity index is 1730. The number of hydrogen-bond acceptors (Lipinski definition) is 7. The fourth-order valence-corrected chi connectivity index (χ4v) is 5.40. The minimum Gasteiger partial charge on any atom is -0.497 e. The van der Waals surface area contributed by atoms with Crippen LogP contribution in [0, 0.1) is 18.3 Å². The quantitative estimate of drug-likeness (QED) is 0.281. The fraction of sp³-hybridized carbons (Fsp3) is 0.267. The van der Waals surface area contributed by atoms with Crippen molar-refractivity contribution in [1.82, 2.24) is 19.7 Å². The summed E-state index contributed by atoms with van der Waals surface area (Å²) in [5.41, 5.74) is 3.32. The van der Waals surface area contributed by atoms with Crippen LogP contribution in [0.25, 0.3) is 5.69 Å². The zero-order valence-corrected chi connectivity index (χ0v) is 23.3. The SMILES string of the molecule is COc1ccc(CN2CCN(c3ccn(-c4cc(C)nc5c4CCN5c4ccc(C#N)cc4OC(F)(F)F)n3)C2=O)cc1. The number of fused-ring (bicyclic) bond motifs is 1. The van der Waals surface area contributed by atoms with Crippen molar-refractivity contribution in [2.75, 3.05) is 36.5 Å². The number of halogens is 3. The van der Waals surface area contributed by atoms with E-state index in [0.29, 0.717) is 55.6 Å². The van der Waals surface area contributed by atoms with Gasteiger partial charge in [0.15, 0.2) is 11.6 Å². The van der Waals surface area contributed by atoms with Gasteiger partial charge in [0.05, 0.1) is 30.1 Å². The standard InChI is InChI=1S/C30H26F3N7O3/c1-19-15-25(23-9-11-38(28(23)35-19)24-8-5-21(17-34)16-26(24)43-30(31,32)33)40-12-10-27(36-40)39-14-13-37(29(39)41)18-20-3-6-22(42-2)7-4-20/h3-8,10,12,15-16H,9,11,13-14,18H2,1-2H3. The number of aromatic nitrogens is 3. The van der Waals surface area contributed by atoms with E-state index in [1.54, 1.807) is 45.7 Å². The topological polar surface area (TPSA) is 99.8 Å². The Labute approximate surface area is 245 Å². The number of nitrogens with zero attached hydrogens (tertiary/aromatic N) is 7. The van der Waals surface area contributed by atoms with Gasteiger partial charge < -0.3 is 19.3 Å². The second kappa shape index (κ2) is 10.9. The number of methoxy groups -OCH3 is 1. The molecule has 43 heavy (non-hydrogen) atoms. The number of rotatable bonds is 7. The van der Waals surface area contributed by atoms with Gasteiger partial charge in [0.1, 0.15) is 11.6 Å². The Morgan fingerprint density at radius 1 is 1.00 bits per heavy atom. The largest absolute Gasteiger partial charge is 0.573 e. The molecule has 1 fully saturated rings. The lowest BCUT2D eigenvalue weighted by atomic mass is 10.1. The lowest BCUT2D eigenvalue weighted by Crippen LogP contribution is -2.31. The van der Waals surface area contributed by atoms with Crippen molar-refractivity contribution in [1.29, 1.82) is 5.26 Å². The van der Waals surface area contributed by atoms with Gasteiger partial charge in [-0.3, -0.25) is 4.90 Å². The van der Waals surface area contributed by atoms with Crippen LogP contribution >= 0.6 is 0 Å². The summed E-state index contributed by atoms with van der Waals surface area (Å²) in [6, 6.07) is 16.8. The van der Waals surface area contributed by atoms with Crippen LogP contribution in [0.4, 0.5) is 35.3 Å². The molecular formula is C30H26F3N7O3. The average molecular weight is 590 g/mol. The van der Waals surface area contributed by atoms with E-state index in [1.807, 2.05) is 36.4 Å². The molecule has 220 valence electrons. The summed E-state index contributed by atoms with van der Waals surface area (Å²) < 4.78 is 50.8. The molecule has 0 bridgehead atoms. The van der Waals surface area contributed by atoms with E-state index in [9.17, 15) is 23.2 Å².